The molecule has 0 unspecified atom stereocenters. The van der Waals surface area contributed by atoms with E-state index in [1.807, 2.05) is 6.07 Å². The number of aromatic nitrogens is 3. The van der Waals surface area contributed by atoms with E-state index >= 15 is 0 Å². The summed E-state index contributed by atoms with van der Waals surface area (Å²) in [5.74, 6) is 0.271. The second kappa shape index (κ2) is 7.33. The van der Waals surface area contributed by atoms with E-state index in [4.69, 9.17) is 27.9 Å². The van der Waals surface area contributed by atoms with Crippen LogP contribution < -0.4 is 10.2 Å². The van der Waals surface area contributed by atoms with E-state index < -0.39 is 0 Å². The van der Waals surface area contributed by atoms with Crippen LogP contribution in [0.1, 0.15) is 15.9 Å². The molecule has 3 rings (SSSR count). The summed E-state index contributed by atoms with van der Waals surface area (Å²) in [6, 6.07) is 12.1. The number of amides is 1. The van der Waals surface area contributed by atoms with Crippen LogP contribution in [0.4, 0.5) is 0 Å². The van der Waals surface area contributed by atoms with Crippen molar-refractivity contribution in [1.29, 1.82) is 0 Å². The van der Waals surface area contributed by atoms with Crippen molar-refractivity contribution in [3.05, 3.63) is 76.3 Å². The number of ether oxygens (including phenoxy) is 1. The fourth-order valence-electron chi connectivity index (χ4n) is 1.96. The molecule has 1 N–H and O–H groups in total. The van der Waals surface area contributed by atoms with Crippen molar-refractivity contribution in [3.63, 3.8) is 0 Å². The molecular weight excluding hydrogens is 351 g/mol. The third-order valence-electron chi connectivity index (χ3n) is 3.14. The molecule has 0 aliphatic rings. The van der Waals surface area contributed by atoms with Gasteiger partial charge in [0.05, 0.1) is 10.0 Å². The van der Waals surface area contributed by atoms with Gasteiger partial charge in [0, 0.05) is 5.56 Å². The molecule has 0 aliphatic heterocycles. The lowest BCUT2D eigenvalue weighted by molar-refractivity contribution is 0.101. The zero-order valence-corrected chi connectivity index (χ0v) is 13.8. The highest BCUT2D eigenvalue weighted by Crippen LogP contribution is 2.23. The molecule has 122 valence electrons. The number of rotatable bonds is 5. The molecule has 2 aromatic carbocycles. The number of nitrogens with zero attached hydrogens (tertiary/aromatic N) is 3. The maximum atomic E-state index is 12.1. The van der Waals surface area contributed by atoms with Crippen LogP contribution in [0.2, 0.25) is 10.0 Å². The Bertz CT molecular complexity index is 853. The number of hydrogen-bond donors (Lipinski definition) is 1. The van der Waals surface area contributed by atoms with Gasteiger partial charge in [-0.2, -0.15) is 0 Å². The van der Waals surface area contributed by atoms with Crippen molar-refractivity contribution in [1.82, 2.24) is 14.9 Å². The number of benzene rings is 2. The summed E-state index contributed by atoms with van der Waals surface area (Å²) in [7, 11) is 0. The summed E-state index contributed by atoms with van der Waals surface area (Å²) in [4.78, 5) is 12.1. The Labute approximate surface area is 148 Å². The normalized spacial score (nSPS) is 10.4. The molecule has 0 atom stereocenters. The van der Waals surface area contributed by atoms with Crippen molar-refractivity contribution < 1.29 is 9.53 Å². The van der Waals surface area contributed by atoms with E-state index in [0.717, 1.165) is 5.56 Å². The fourth-order valence-corrected chi connectivity index (χ4v) is 2.28. The summed E-state index contributed by atoms with van der Waals surface area (Å²) in [6.45, 7) is 0.313. The van der Waals surface area contributed by atoms with Crippen LogP contribution in [0.15, 0.2) is 55.1 Å². The molecule has 1 amide bonds. The van der Waals surface area contributed by atoms with Gasteiger partial charge >= 0.3 is 0 Å². The van der Waals surface area contributed by atoms with Crippen LogP contribution in [0.5, 0.6) is 5.75 Å². The average Bonchev–Trinajstić information content (AvgIpc) is 3.09. The highest BCUT2D eigenvalue weighted by atomic mass is 35.5. The van der Waals surface area contributed by atoms with Gasteiger partial charge in [0.1, 0.15) is 25.0 Å². The Hall–Kier alpha value is -2.57. The van der Waals surface area contributed by atoms with Crippen molar-refractivity contribution in [2.45, 2.75) is 6.61 Å². The SMILES string of the molecule is O=C(Nn1cnnc1)c1cccc(OCc2ccc(Cl)c(Cl)c2)c1. The Morgan fingerprint density at radius 3 is 2.62 bits per heavy atom. The first kappa shape index (κ1) is 16.3. The van der Waals surface area contributed by atoms with Gasteiger partial charge in [-0.15, -0.1) is 10.2 Å². The first-order valence-electron chi connectivity index (χ1n) is 6.94. The molecule has 24 heavy (non-hydrogen) atoms. The molecule has 0 aliphatic carbocycles. The second-order valence-electron chi connectivity index (χ2n) is 4.88. The fraction of sp³-hybridized carbons (Fsp3) is 0.0625. The van der Waals surface area contributed by atoms with Gasteiger partial charge < -0.3 is 4.74 Å². The number of carbonyl (C=O) groups is 1. The predicted molar refractivity (Wildman–Crippen MR) is 90.9 cm³/mol. The largest absolute Gasteiger partial charge is 0.489 e. The minimum Gasteiger partial charge on any atom is -0.489 e. The molecular formula is C16H12Cl2N4O2. The highest BCUT2D eigenvalue weighted by molar-refractivity contribution is 6.42. The first-order chi connectivity index (χ1) is 11.6. The van der Waals surface area contributed by atoms with Crippen molar-refractivity contribution in [2.75, 3.05) is 5.43 Å². The van der Waals surface area contributed by atoms with Crippen LogP contribution in [0, 0.1) is 0 Å². The maximum absolute atomic E-state index is 12.1. The van der Waals surface area contributed by atoms with Crippen molar-refractivity contribution in [3.8, 4) is 5.75 Å². The van der Waals surface area contributed by atoms with Gasteiger partial charge in [-0.05, 0) is 35.9 Å². The Kier molecular flexibility index (Phi) is 4.98. The Morgan fingerprint density at radius 2 is 1.88 bits per heavy atom. The zero-order valence-electron chi connectivity index (χ0n) is 12.3. The smallest absolute Gasteiger partial charge is 0.270 e. The van der Waals surface area contributed by atoms with Crippen LogP contribution >= 0.6 is 23.2 Å². The third-order valence-corrected chi connectivity index (χ3v) is 3.87. The quantitative estimate of drug-likeness (QED) is 0.753. The molecule has 0 saturated carbocycles. The first-order valence-corrected chi connectivity index (χ1v) is 7.70. The van der Waals surface area contributed by atoms with Crippen LogP contribution in [-0.4, -0.2) is 20.8 Å². The molecule has 0 saturated heterocycles. The van der Waals surface area contributed by atoms with Crippen molar-refractivity contribution in [2.24, 2.45) is 0 Å². The van der Waals surface area contributed by atoms with Gasteiger partial charge in [-0.3, -0.25) is 10.2 Å². The van der Waals surface area contributed by atoms with Gasteiger partial charge in [0.2, 0.25) is 0 Å². The maximum Gasteiger partial charge on any atom is 0.270 e. The lowest BCUT2D eigenvalue weighted by Crippen LogP contribution is -2.21. The summed E-state index contributed by atoms with van der Waals surface area (Å²) in [5.41, 5.74) is 3.95. The monoisotopic (exact) mass is 362 g/mol. The van der Waals surface area contributed by atoms with E-state index in [9.17, 15) is 4.79 Å². The molecule has 3 aromatic rings. The minimum atomic E-state index is -0.296. The van der Waals surface area contributed by atoms with E-state index in [1.165, 1.54) is 17.3 Å². The average molecular weight is 363 g/mol. The van der Waals surface area contributed by atoms with Crippen LogP contribution in [0.25, 0.3) is 0 Å². The van der Waals surface area contributed by atoms with Crippen LogP contribution in [-0.2, 0) is 6.61 Å². The number of hydrogen-bond acceptors (Lipinski definition) is 4. The number of nitrogens with one attached hydrogen (secondary N) is 1. The lowest BCUT2D eigenvalue weighted by Gasteiger charge is -2.09. The summed E-state index contributed by atoms with van der Waals surface area (Å²) in [5, 5.41) is 8.20. The lowest BCUT2D eigenvalue weighted by atomic mass is 10.2. The summed E-state index contributed by atoms with van der Waals surface area (Å²) < 4.78 is 7.07. The Balaban J connectivity index is 1.66. The summed E-state index contributed by atoms with van der Waals surface area (Å²) >= 11 is 11.9. The Morgan fingerprint density at radius 1 is 1.08 bits per heavy atom. The zero-order chi connectivity index (χ0) is 16.9. The third kappa shape index (κ3) is 4.04. The van der Waals surface area contributed by atoms with Crippen LogP contribution in [0.3, 0.4) is 0 Å². The van der Waals surface area contributed by atoms with Crippen molar-refractivity contribution >= 4 is 29.1 Å². The molecule has 0 bridgehead atoms. The number of halogens is 2. The highest BCUT2D eigenvalue weighted by Gasteiger charge is 2.08. The summed E-state index contributed by atoms with van der Waals surface area (Å²) in [6.07, 6.45) is 2.78. The second-order valence-corrected chi connectivity index (χ2v) is 5.69. The topological polar surface area (TPSA) is 69.0 Å². The van der Waals surface area contributed by atoms with E-state index in [-0.39, 0.29) is 5.91 Å². The van der Waals surface area contributed by atoms with Gasteiger partial charge in [0.15, 0.2) is 0 Å². The molecule has 1 aromatic heterocycles. The standard InChI is InChI=1S/C16H12Cl2N4O2/c17-14-5-4-11(6-15(14)18)8-24-13-3-1-2-12(7-13)16(23)21-22-9-19-20-10-22/h1-7,9-10H,8H2,(H,21,23). The van der Waals surface area contributed by atoms with Gasteiger partial charge in [-0.25, -0.2) is 4.68 Å². The van der Waals surface area contributed by atoms with Gasteiger partial charge in [-0.1, -0.05) is 35.3 Å². The molecule has 1 heterocycles. The van der Waals surface area contributed by atoms with Gasteiger partial charge in [0.25, 0.3) is 5.91 Å². The number of carbonyl (C=O) groups excluding carboxylic acids is 1. The molecule has 0 spiro atoms. The molecule has 8 heteroatoms. The molecule has 0 radical (unpaired) electrons. The van der Waals surface area contributed by atoms with E-state index in [0.29, 0.717) is 28.0 Å². The van der Waals surface area contributed by atoms with E-state index in [1.54, 1.807) is 36.4 Å². The minimum absolute atomic E-state index is 0.296. The van der Waals surface area contributed by atoms with E-state index in [2.05, 4.69) is 15.6 Å². The predicted octanol–water partition coefficient (Wildman–Crippen LogP) is 3.55. The molecule has 0 fully saturated rings. The molecule has 6 nitrogen and oxygen atoms in total.